The second kappa shape index (κ2) is 10.4. The molecule has 35 heavy (non-hydrogen) atoms. The Labute approximate surface area is 207 Å². The highest BCUT2D eigenvalue weighted by Crippen LogP contribution is 2.46. The minimum atomic E-state index is -0.815. The average molecular weight is 482 g/mol. The molecule has 1 amide bonds. The van der Waals surface area contributed by atoms with Crippen LogP contribution in [0.3, 0.4) is 0 Å². The van der Waals surface area contributed by atoms with Gasteiger partial charge in [0.05, 0.1) is 32.4 Å². The first kappa shape index (κ1) is 26.1. The van der Waals surface area contributed by atoms with Crippen LogP contribution in [0.5, 0.6) is 17.2 Å². The van der Waals surface area contributed by atoms with Crippen molar-refractivity contribution >= 4 is 17.4 Å². The van der Waals surface area contributed by atoms with Crippen molar-refractivity contribution in [3.63, 3.8) is 0 Å². The van der Waals surface area contributed by atoms with E-state index in [1.54, 1.807) is 30.3 Å². The average Bonchev–Trinajstić information content (AvgIpc) is 3.07. The summed E-state index contributed by atoms with van der Waals surface area (Å²) in [6.07, 6.45) is 0.646. The van der Waals surface area contributed by atoms with Gasteiger partial charge >= 0.3 is 0 Å². The Hall–Kier alpha value is -3.48. The fraction of sp³-hybridized carbons (Fsp3) is 0.429. The third-order valence-corrected chi connectivity index (χ3v) is 6.09. The summed E-state index contributed by atoms with van der Waals surface area (Å²) in [5.41, 5.74) is 1.66. The number of para-hydroxylation sites is 1. The first-order valence-electron chi connectivity index (χ1n) is 11.9. The van der Waals surface area contributed by atoms with Crippen LogP contribution in [0.15, 0.2) is 42.0 Å². The number of aliphatic hydroxyl groups excluding tert-OH is 1. The predicted molar refractivity (Wildman–Crippen MR) is 135 cm³/mol. The van der Waals surface area contributed by atoms with Crippen molar-refractivity contribution < 1.29 is 28.9 Å². The van der Waals surface area contributed by atoms with E-state index in [1.807, 2.05) is 19.9 Å². The van der Waals surface area contributed by atoms with Crippen molar-refractivity contribution in [3.8, 4) is 17.2 Å². The Morgan fingerprint density at radius 2 is 1.74 bits per heavy atom. The maximum Gasteiger partial charge on any atom is 0.295 e. The van der Waals surface area contributed by atoms with E-state index < -0.39 is 17.7 Å². The SMILES string of the molecule is CCCN1C(=O)C(=O)/C(=C(/O)c2ccc(OCC)c(C(C)(C)C)c2)C1c1cccc(OC)c1OC. The molecule has 1 aliphatic rings. The molecule has 1 N–H and O–H groups in total. The Morgan fingerprint density at radius 1 is 1.03 bits per heavy atom. The van der Waals surface area contributed by atoms with E-state index in [9.17, 15) is 14.7 Å². The van der Waals surface area contributed by atoms with E-state index in [1.165, 1.54) is 19.1 Å². The van der Waals surface area contributed by atoms with Crippen LogP contribution in [0, 0.1) is 0 Å². The molecule has 0 spiro atoms. The van der Waals surface area contributed by atoms with E-state index in [4.69, 9.17) is 14.2 Å². The molecule has 7 heteroatoms. The molecule has 188 valence electrons. The summed E-state index contributed by atoms with van der Waals surface area (Å²) in [6, 6.07) is 9.82. The minimum absolute atomic E-state index is 0.0269. The van der Waals surface area contributed by atoms with E-state index in [0.29, 0.717) is 47.9 Å². The van der Waals surface area contributed by atoms with Crippen LogP contribution in [0.1, 0.15) is 63.8 Å². The van der Waals surface area contributed by atoms with Crippen LogP contribution in [-0.2, 0) is 15.0 Å². The van der Waals surface area contributed by atoms with Gasteiger partial charge in [0.15, 0.2) is 11.5 Å². The molecule has 1 heterocycles. The van der Waals surface area contributed by atoms with Crippen molar-refractivity contribution in [2.75, 3.05) is 27.4 Å². The maximum atomic E-state index is 13.3. The number of amides is 1. The van der Waals surface area contributed by atoms with Crippen molar-refractivity contribution in [1.29, 1.82) is 0 Å². The van der Waals surface area contributed by atoms with Crippen molar-refractivity contribution in [3.05, 3.63) is 58.7 Å². The normalized spacial score (nSPS) is 17.6. The molecule has 1 atom stereocenters. The molecule has 0 aliphatic carbocycles. The van der Waals surface area contributed by atoms with Gasteiger partial charge in [0.1, 0.15) is 11.5 Å². The summed E-state index contributed by atoms with van der Waals surface area (Å²) < 4.78 is 16.9. The number of Topliss-reactive ketones (excluding diaryl/α,β-unsaturated/α-hetero) is 1. The molecule has 1 unspecified atom stereocenters. The molecule has 0 radical (unpaired) electrons. The summed E-state index contributed by atoms with van der Waals surface area (Å²) >= 11 is 0. The number of aliphatic hydroxyl groups is 1. The molecule has 1 aliphatic heterocycles. The van der Waals surface area contributed by atoms with Crippen LogP contribution in [0.25, 0.3) is 5.76 Å². The number of rotatable bonds is 8. The van der Waals surface area contributed by atoms with Gasteiger partial charge in [-0.05, 0) is 43.0 Å². The summed E-state index contributed by atoms with van der Waals surface area (Å²) in [5, 5.41) is 11.5. The van der Waals surface area contributed by atoms with Gasteiger partial charge < -0.3 is 24.2 Å². The standard InChI is InChI=1S/C28H35NO6/c1-8-15-29-23(18-11-10-12-21(33-6)26(18)34-7)22(25(31)27(29)32)24(30)17-13-14-20(35-9-2)19(16-17)28(3,4)5/h10-14,16,23,30H,8-9,15H2,1-7H3/b24-22+. The molecular formula is C28H35NO6. The van der Waals surface area contributed by atoms with Gasteiger partial charge in [0, 0.05) is 23.2 Å². The molecular weight excluding hydrogens is 446 g/mol. The zero-order chi connectivity index (χ0) is 25.9. The number of hydrogen-bond donors (Lipinski definition) is 1. The third-order valence-electron chi connectivity index (χ3n) is 6.09. The first-order valence-corrected chi connectivity index (χ1v) is 11.9. The summed E-state index contributed by atoms with van der Waals surface area (Å²) in [4.78, 5) is 27.9. The quantitative estimate of drug-likeness (QED) is 0.316. The summed E-state index contributed by atoms with van der Waals surface area (Å²) in [7, 11) is 3.04. The smallest absolute Gasteiger partial charge is 0.295 e. The van der Waals surface area contributed by atoms with Gasteiger partial charge in [-0.3, -0.25) is 9.59 Å². The van der Waals surface area contributed by atoms with Crippen molar-refractivity contribution in [2.24, 2.45) is 0 Å². The first-order chi connectivity index (χ1) is 16.6. The van der Waals surface area contributed by atoms with E-state index in [2.05, 4.69) is 20.8 Å². The highest BCUT2D eigenvalue weighted by Gasteiger charge is 2.47. The van der Waals surface area contributed by atoms with E-state index in [0.717, 1.165) is 5.56 Å². The zero-order valence-electron chi connectivity index (χ0n) is 21.6. The van der Waals surface area contributed by atoms with Gasteiger partial charge in [-0.25, -0.2) is 0 Å². The molecule has 0 bridgehead atoms. The Balaban J connectivity index is 2.29. The Kier molecular flexibility index (Phi) is 7.78. The van der Waals surface area contributed by atoms with Gasteiger partial charge in [0.2, 0.25) is 0 Å². The van der Waals surface area contributed by atoms with Crippen LogP contribution in [0.2, 0.25) is 0 Å². The number of benzene rings is 2. The number of carbonyl (C=O) groups excluding carboxylic acids is 2. The largest absolute Gasteiger partial charge is 0.507 e. The fourth-order valence-corrected chi connectivity index (χ4v) is 4.50. The van der Waals surface area contributed by atoms with Crippen LogP contribution >= 0.6 is 0 Å². The molecule has 2 aromatic carbocycles. The highest BCUT2D eigenvalue weighted by atomic mass is 16.5. The van der Waals surface area contributed by atoms with Gasteiger partial charge in [-0.2, -0.15) is 0 Å². The van der Waals surface area contributed by atoms with Crippen LogP contribution < -0.4 is 14.2 Å². The van der Waals surface area contributed by atoms with E-state index >= 15 is 0 Å². The molecule has 1 fully saturated rings. The van der Waals surface area contributed by atoms with Crippen molar-refractivity contribution in [2.45, 2.75) is 52.5 Å². The lowest BCUT2D eigenvalue weighted by Gasteiger charge is -2.27. The number of carbonyl (C=O) groups is 2. The molecule has 1 saturated heterocycles. The van der Waals surface area contributed by atoms with Gasteiger partial charge in [-0.1, -0.05) is 39.8 Å². The lowest BCUT2D eigenvalue weighted by atomic mass is 9.84. The Bertz CT molecular complexity index is 1140. The molecule has 2 aromatic rings. The fourth-order valence-electron chi connectivity index (χ4n) is 4.50. The number of methoxy groups -OCH3 is 2. The summed E-state index contributed by atoms with van der Waals surface area (Å²) in [5.74, 6) is 0.000735. The third kappa shape index (κ3) is 4.85. The van der Waals surface area contributed by atoms with Gasteiger partial charge in [0.25, 0.3) is 11.7 Å². The predicted octanol–water partition coefficient (Wildman–Crippen LogP) is 5.23. The monoisotopic (exact) mass is 481 g/mol. The topological polar surface area (TPSA) is 85.3 Å². The number of likely N-dealkylation sites (tertiary alicyclic amines) is 1. The second-order valence-corrected chi connectivity index (χ2v) is 9.47. The zero-order valence-corrected chi connectivity index (χ0v) is 21.6. The van der Waals surface area contributed by atoms with Gasteiger partial charge in [-0.15, -0.1) is 0 Å². The molecule has 3 rings (SSSR count). The lowest BCUT2D eigenvalue weighted by molar-refractivity contribution is -0.139. The summed E-state index contributed by atoms with van der Waals surface area (Å²) in [6.45, 7) is 10.9. The Morgan fingerprint density at radius 3 is 2.31 bits per heavy atom. The molecule has 0 saturated carbocycles. The minimum Gasteiger partial charge on any atom is -0.507 e. The maximum absolute atomic E-state index is 13.3. The lowest BCUT2D eigenvalue weighted by Crippen LogP contribution is -2.30. The van der Waals surface area contributed by atoms with E-state index in [-0.39, 0.29) is 16.7 Å². The highest BCUT2D eigenvalue weighted by molar-refractivity contribution is 6.46. The van der Waals surface area contributed by atoms with Crippen molar-refractivity contribution in [1.82, 2.24) is 4.90 Å². The second-order valence-electron chi connectivity index (χ2n) is 9.47. The van der Waals surface area contributed by atoms with Crippen LogP contribution in [-0.4, -0.2) is 49.1 Å². The molecule has 7 nitrogen and oxygen atoms in total. The number of ether oxygens (including phenoxy) is 3. The van der Waals surface area contributed by atoms with Crippen LogP contribution in [0.4, 0.5) is 0 Å². The molecule has 0 aromatic heterocycles. The number of ketones is 1. The number of nitrogens with zero attached hydrogens (tertiary/aromatic N) is 1. The number of hydrogen-bond acceptors (Lipinski definition) is 6.